The van der Waals surface area contributed by atoms with Crippen LogP contribution in [0.3, 0.4) is 0 Å². The predicted octanol–water partition coefficient (Wildman–Crippen LogP) is 4.24. The zero-order chi connectivity index (χ0) is 20.5. The largest absolute Gasteiger partial charge is 0.481 e. The van der Waals surface area contributed by atoms with E-state index in [2.05, 4.69) is 29.5 Å². The van der Waals surface area contributed by atoms with Gasteiger partial charge in [0.05, 0.1) is 16.2 Å². The molecule has 2 rings (SSSR count). The first kappa shape index (κ1) is 22.5. The number of thioether (sulfide) groups is 1. The van der Waals surface area contributed by atoms with Gasteiger partial charge in [0.1, 0.15) is 0 Å². The Morgan fingerprint density at radius 2 is 2.04 bits per heavy atom. The summed E-state index contributed by atoms with van der Waals surface area (Å²) in [6.07, 6.45) is 7.53. The van der Waals surface area contributed by atoms with Gasteiger partial charge in [-0.1, -0.05) is 31.6 Å². The van der Waals surface area contributed by atoms with Crippen molar-refractivity contribution in [2.24, 2.45) is 5.92 Å². The molecule has 1 saturated carbocycles. The van der Waals surface area contributed by atoms with Crippen LogP contribution in [0.4, 0.5) is 14.7 Å². The number of carboxylic acid groups (broad SMARTS) is 1. The Balaban J connectivity index is 1.88. The highest BCUT2D eigenvalue weighted by atomic mass is 32.2. The van der Waals surface area contributed by atoms with E-state index in [-0.39, 0.29) is 17.8 Å². The maximum Gasteiger partial charge on any atom is 0.329 e. The second kappa shape index (κ2) is 11.3. The molecule has 0 bridgehead atoms. The summed E-state index contributed by atoms with van der Waals surface area (Å²) in [7, 11) is 0. The molecular weight excluding hydrogens is 400 g/mol. The molecule has 1 fully saturated rings. The van der Waals surface area contributed by atoms with Gasteiger partial charge in [-0.15, -0.1) is 11.8 Å². The number of nitrogens with one attached hydrogen (secondary N) is 2. The number of anilines is 1. The highest BCUT2D eigenvalue weighted by Crippen LogP contribution is 2.29. The molecular formula is C18H28N4O4S2. The third-order valence-corrected chi connectivity index (χ3v) is 6.80. The van der Waals surface area contributed by atoms with Gasteiger partial charge in [0.15, 0.2) is 5.13 Å². The van der Waals surface area contributed by atoms with E-state index in [0.29, 0.717) is 21.8 Å². The van der Waals surface area contributed by atoms with E-state index in [1.165, 1.54) is 17.5 Å². The highest BCUT2D eigenvalue weighted by Gasteiger charge is 2.28. The van der Waals surface area contributed by atoms with Gasteiger partial charge in [-0.05, 0) is 38.0 Å². The Bertz CT molecular complexity index is 674. The van der Waals surface area contributed by atoms with E-state index in [1.54, 1.807) is 4.90 Å². The molecule has 8 nitrogen and oxygen atoms in total. The molecule has 1 heterocycles. The van der Waals surface area contributed by atoms with Crippen LogP contribution in [0.15, 0.2) is 10.4 Å². The van der Waals surface area contributed by atoms with Crippen LogP contribution >= 0.6 is 23.1 Å². The van der Waals surface area contributed by atoms with Crippen molar-refractivity contribution in [3.8, 4) is 0 Å². The number of urea groups is 2. The summed E-state index contributed by atoms with van der Waals surface area (Å²) in [6, 6.07) is -0.822. The number of imide groups is 1. The quantitative estimate of drug-likeness (QED) is 0.534. The molecule has 1 aliphatic rings. The number of hydrogen-bond acceptors (Lipinski definition) is 6. The monoisotopic (exact) mass is 428 g/mol. The van der Waals surface area contributed by atoms with Gasteiger partial charge in [0.25, 0.3) is 0 Å². The first-order chi connectivity index (χ1) is 13.4. The van der Waals surface area contributed by atoms with E-state index in [4.69, 9.17) is 5.11 Å². The number of carbonyl (C=O) groups excluding carboxylic acids is 2. The second-order valence-corrected chi connectivity index (χ2v) is 9.32. The number of carbonyl (C=O) groups is 3. The van der Waals surface area contributed by atoms with Crippen molar-refractivity contribution in [2.45, 2.75) is 62.6 Å². The Labute approximate surface area is 173 Å². The lowest BCUT2D eigenvalue weighted by Crippen LogP contribution is -2.50. The fourth-order valence-electron chi connectivity index (χ4n) is 3.15. The van der Waals surface area contributed by atoms with Crippen molar-refractivity contribution in [1.82, 2.24) is 15.2 Å². The van der Waals surface area contributed by atoms with Crippen LogP contribution in [0.5, 0.6) is 0 Å². The Morgan fingerprint density at radius 3 is 2.68 bits per heavy atom. The lowest BCUT2D eigenvalue weighted by Gasteiger charge is -2.36. The highest BCUT2D eigenvalue weighted by molar-refractivity contribution is 8.01. The molecule has 0 unspecified atom stereocenters. The van der Waals surface area contributed by atoms with Gasteiger partial charge < -0.3 is 10.0 Å². The smallest absolute Gasteiger partial charge is 0.329 e. The molecule has 3 N–H and O–H groups in total. The summed E-state index contributed by atoms with van der Waals surface area (Å²) in [5.74, 6) is -0.298. The number of aromatic nitrogens is 1. The first-order valence-electron chi connectivity index (χ1n) is 9.58. The van der Waals surface area contributed by atoms with E-state index in [9.17, 15) is 14.4 Å². The summed E-state index contributed by atoms with van der Waals surface area (Å²) < 4.78 is 0.685. The van der Waals surface area contributed by atoms with Crippen molar-refractivity contribution in [3.63, 3.8) is 0 Å². The molecule has 0 spiro atoms. The summed E-state index contributed by atoms with van der Waals surface area (Å²) in [6.45, 7) is 4.95. The van der Waals surface area contributed by atoms with Crippen LogP contribution in [0.25, 0.3) is 0 Å². The maximum absolute atomic E-state index is 12.7. The molecule has 0 aliphatic heterocycles. The molecule has 1 aliphatic carbocycles. The van der Waals surface area contributed by atoms with Crippen molar-refractivity contribution in [2.75, 3.05) is 17.6 Å². The summed E-state index contributed by atoms with van der Waals surface area (Å²) in [5.41, 5.74) is 0. The average Bonchev–Trinajstić information content (AvgIpc) is 3.09. The number of rotatable bonds is 8. The van der Waals surface area contributed by atoms with Crippen LogP contribution in [-0.4, -0.2) is 51.4 Å². The zero-order valence-corrected chi connectivity index (χ0v) is 17.9. The zero-order valence-electron chi connectivity index (χ0n) is 16.3. The first-order valence-corrected chi connectivity index (χ1v) is 11.4. The second-order valence-electron chi connectivity index (χ2n) is 7.01. The van der Waals surface area contributed by atoms with E-state index < -0.39 is 12.0 Å². The normalized spacial score (nSPS) is 19.1. The molecule has 1 aromatic rings. The molecule has 0 radical (unpaired) electrons. The summed E-state index contributed by atoms with van der Waals surface area (Å²) in [5, 5.41) is 14.0. The molecule has 28 heavy (non-hydrogen) atoms. The maximum atomic E-state index is 12.7. The van der Waals surface area contributed by atoms with Crippen LogP contribution in [0.2, 0.25) is 0 Å². The van der Waals surface area contributed by atoms with Crippen LogP contribution in [0, 0.1) is 5.92 Å². The van der Waals surface area contributed by atoms with Crippen molar-refractivity contribution in [1.29, 1.82) is 0 Å². The molecule has 10 heteroatoms. The number of carboxylic acids is 1. The van der Waals surface area contributed by atoms with Crippen LogP contribution in [0.1, 0.15) is 52.4 Å². The minimum Gasteiger partial charge on any atom is -0.481 e. The topological polar surface area (TPSA) is 112 Å². The van der Waals surface area contributed by atoms with Crippen LogP contribution in [-0.2, 0) is 4.79 Å². The fourth-order valence-corrected chi connectivity index (χ4v) is 4.73. The summed E-state index contributed by atoms with van der Waals surface area (Å²) >= 11 is 2.31. The van der Waals surface area contributed by atoms with Crippen LogP contribution < -0.4 is 10.6 Å². The number of nitrogens with zero attached hydrogens (tertiary/aromatic N) is 2. The number of hydrogen-bond donors (Lipinski definition) is 3. The molecule has 0 atom stereocenters. The average molecular weight is 429 g/mol. The number of aliphatic carboxylic acids is 1. The fraction of sp³-hybridized carbons (Fsp3) is 0.667. The van der Waals surface area contributed by atoms with Crippen molar-refractivity contribution >= 4 is 46.3 Å². The van der Waals surface area contributed by atoms with Crippen molar-refractivity contribution in [3.05, 3.63) is 6.20 Å². The Morgan fingerprint density at radius 1 is 1.32 bits per heavy atom. The van der Waals surface area contributed by atoms with E-state index in [0.717, 1.165) is 50.3 Å². The van der Waals surface area contributed by atoms with Gasteiger partial charge in [-0.2, -0.15) is 0 Å². The third-order valence-electron chi connectivity index (χ3n) is 4.70. The number of thiazole rings is 1. The number of unbranched alkanes of at least 4 members (excludes halogenated alkanes) is 1. The Hall–Kier alpha value is -1.81. The summed E-state index contributed by atoms with van der Waals surface area (Å²) in [4.78, 5) is 41.3. The van der Waals surface area contributed by atoms with Crippen molar-refractivity contribution < 1.29 is 19.5 Å². The standard InChI is InChI=1S/C18H28N4O4S2/c1-3-4-9-22(13-7-5-12(2)6-8-13)18(26)21-16(25)20-17-19-10-15(28-17)27-11-14(23)24/h10,12-13H,3-9,11H2,1-2H3,(H,23,24)(H2,19,20,21,25,26). The van der Waals surface area contributed by atoms with Gasteiger partial charge in [0.2, 0.25) is 0 Å². The van der Waals surface area contributed by atoms with E-state index in [1.807, 2.05) is 0 Å². The van der Waals surface area contributed by atoms with Gasteiger partial charge in [-0.3, -0.25) is 15.4 Å². The van der Waals surface area contributed by atoms with Gasteiger partial charge in [0, 0.05) is 12.6 Å². The minimum absolute atomic E-state index is 0.0707. The lowest BCUT2D eigenvalue weighted by molar-refractivity contribution is -0.133. The van der Waals surface area contributed by atoms with E-state index >= 15 is 0 Å². The SMILES string of the molecule is CCCCN(C(=O)NC(=O)Nc1ncc(SCC(=O)O)s1)C1CCC(C)CC1. The molecule has 4 amide bonds. The third kappa shape index (κ3) is 7.31. The molecule has 0 aromatic carbocycles. The molecule has 1 aromatic heterocycles. The Kier molecular flexibility index (Phi) is 9.04. The molecule has 0 saturated heterocycles. The number of amides is 4. The van der Waals surface area contributed by atoms with Gasteiger partial charge in [-0.25, -0.2) is 14.6 Å². The lowest BCUT2D eigenvalue weighted by atomic mass is 9.86. The predicted molar refractivity (Wildman–Crippen MR) is 111 cm³/mol. The minimum atomic E-state index is -0.916. The molecule has 156 valence electrons. The van der Waals surface area contributed by atoms with Gasteiger partial charge >= 0.3 is 18.0 Å².